The molecular formula is C20H21F4N3O2. The number of hydrogen-bond donors (Lipinski definition) is 2. The molecule has 2 aromatic carbocycles. The largest absolute Gasteiger partial charge is 0.416 e. The van der Waals surface area contributed by atoms with Crippen LogP contribution in [0.5, 0.6) is 0 Å². The van der Waals surface area contributed by atoms with Crippen LogP contribution in [0.2, 0.25) is 0 Å². The summed E-state index contributed by atoms with van der Waals surface area (Å²) in [5.41, 5.74) is 0.439. The van der Waals surface area contributed by atoms with E-state index in [2.05, 4.69) is 10.6 Å². The molecule has 9 heteroatoms. The van der Waals surface area contributed by atoms with Crippen LogP contribution in [0.15, 0.2) is 42.5 Å². The molecular weight excluding hydrogens is 390 g/mol. The van der Waals surface area contributed by atoms with Gasteiger partial charge < -0.3 is 20.3 Å². The highest BCUT2D eigenvalue weighted by Gasteiger charge is 2.31. The quantitative estimate of drug-likeness (QED) is 0.730. The normalized spacial score (nSPS) is 14.6. The van der Waals surface area contributed by atoms with Crippen LogP contribution in [-0.2, 0) is 17.3 Å². The van der Waals surface area contributed by atoms with Gasteiger partial charge in [-0.1, -0.05) is 12.1 Å². The van der Waals surface area contributed by atoms with Crippen molar-refractivity contribution in [2.45, 2.75) is 12.6 Å². The molecule has 1 aliphatic rings. The minimum Gasteiger partial charge on any atom is -0.378 e. The Labute approximate surface area is 165 Å². The first-order valence-corrected chi connectivity index (χ1v) is 9.16. The van der Waals surface area contributed by atoms with Crippen molar-refractivity contribution in [1.82, 2.24) is 5.32 Å². The highest BCUT2D eigenvalue weighted by molar-refractivity contribution is 5.93. The molecule has 1 saturated heterocycles. The lowest BCUT2D eigenvalue weighted by molar-refractivity contribution is -0.137. The predicted molar refractivity (Wildman–Crippen MR) is 102 cm³/mol. The van der Waals surface area contributed by atoms with Crippen LogP contribution in [0.1, 0.15) is 11.1 Å². The number of nitrogens with zero attached hydrogens (tertiary/aromatic N) is 1. The van der Waals surface area contributed by atoms with Crippen molar-refractivity contribution in [3.63, 3.8) is 0 Å². The van der Waals surface area contributed by atoms with Gasteiger partial charge in [-0.25, -0.2) is 9.18 Å². The van der Waals surface area contributed by atoms with E-state index in [4.69, 9.17) is 4.74 Å². The molecule has 0 bridgehead atoms. The number of urea groups is 1. The van der Waals surface area contributed by atoms with Crippen LogP contribution in [-0.4, -0.2) is 38.9 Å². The number of alkyl halides is 3. The van der Waals surface area contributed by atoms with Gasteiger partial charge in [0.15, 0.2) is 0 Å². The second-order valence-corrected chi connectivity index (χ2v) is 6.59. The fourth-order valence-electron chi connectivity index (χ4n) is 3.07. The van der Waals surface area contributed by atoms with Crippen molar-refractivity contribution >= 4 is 17.4 Å². The maximum absolute atomic E-state index is 13.2. The standard InChI is InChI=1S/C20H21F4N3O2/c21-16-3-1-2-14(12-16)6-7-25-19(28)26-17-13-15(20(22,23)24)4-5-18(17)27-8-10-29-11-9-27/h1-5,12-13H,6-11H2,(H2,25,26,28). The van der Waals surface area contributed by atoms with E-state index in [1.165, 1.54) is 18.2 Å². The molecule has 1 fully saturated rings. The molecule has 0 radical (unpaired) electrons. The van der Waals surface area contributed by atoms with Crippen molar-refractivity contribution in [2.75, 3.05) is 43.1 Å². The first-order valence-electron chi connectivity index (χ1n) is 9.16. The monoisotopic (exact) mass is 411 g/mol. The van der Waals surface area contributed by atoms with E-state index in [1.807, 2.05) is 4.90 Å². The van der Waals surface area contributed by atoms with Crippen LogP contribution in [0.3, 0.4) is 0 Å². The molecule has 0 aliphatic carbocycles. The summed E-state index contributed by atoms with van der Waals surface area (Å²) in [4.78, 5) is 14.1. The Hall–Kier alpha value is -2.81. The SMILES string of the molecule is O=C(NCCc1cccc(F)c1)Nc1cc(C(F)(F)F)ccc1N1CCOCC1. The Morgan fingerprint density at radius 1 is 1.10 bits per heavy atom. The van der Waals surface area contributed by atoms with Crippen molar-refractivity contribution in [3.8, 4) is 0 Å². The van der Waals surface area contributed by atoms with E-state index in [9.17, 15) is 22.4 Å². The maximum atomic E-state index is 13.2. The molecule has 2 aromatic rings. The van der Waals surface area contributed by atoms with Gasteiger partial charge in [0.2, 0.25) is 0 Å². The van der Waals surface area contributed by atoms with Gasteiger partial charge in [-0.15, -0.1) is 0 Å². The third-order valence-electron chi connectivity index (χ3n) is 4.51. The number of carbonyl (C=O) groups excluding carboxylic acids is 1. The van der Waals surface area contributed by atoms with E-state index < -0.39 is 17.8 Å². The minimum absolute atomic E-state index is 0.0741. The molecule has 0 spiro atoms. The summed E-state index contributed by atoms with van der Waals surface area (Å²) in [6, 6.07) is 8.64. The average molecular weight is 411 g/mol. The number of amides is 2. The summed E-state index contributed by atoms with van der Waals surface area (Å²) in [6.07, 6.45) is -4.13. The average Bonchev–Trinajstić information content (AvgIpc) is 2.68. The van der Waals surface area contributed by atoms with Crippen molar-refractivity contribution in [1.29, 1.82) is 0 Å². The second-order valence-electron chi connectivity index (χ2n) is 6.59. The number of nitrogens with one attached hydrogen (secondary N) is 2. The van der Waals surface area contributed by atoms with Crippen LogP contribution in [0, 0.1) is 5.82 Å². The molecule has 0 atom stereocenters. The Kier molecular flexibility index (Phi) is 6.58. The van der Waals surface area contributed by atoms with E-state index in [0.717, 1.165) is 12.1 Å². The lowest BCUT2D eigenvalue weighted by Crippen LogP contribution is -2.37. The number of benzene rings is 2. The van der Waals surface area contributed by atoms with Crippen molar-refractivity contribution in [3.05, 3.63) is 59.4 Å². The van der Waals surface area contributed by atoms with Crippen LogP contribution >= 0.6 is 0 Å². The van der Waals surface area contributed by atoms with Gasteiger partial charge in [0.25, 0.3) is 0 Å². The lowest BCUT2D eigenvalue weighted by atomic mass is 10.1. The zero-order valence-corrected chi connectivity index (χ0v) is 15.6. The topological polar surface area (TPSA) is 53.6 Å². The van der Waals surface area contributed by atoms with Crippen LogP contribution < -0.4 is 15.5 Å². The maximum Gasteiger partial charge on any atom is 0.416 e. The van der Waals surface area contributed by atoms with Gasteiger partial charge in [0.1, 0.15) is 5.82 Å². The van der Waals surface area contributed by atoms with Gasteiger partial charge in [-0.05, 0) is 42.3 Å². The fraction of sp³-hybridized carbons (Fsp3) is 0.350. The molecule has 2 N–H and O–H groups in total. The van der Waals surface area contributed by atoms with Crippen molar-refractivity contribution in [2.24, 2.45) is 0 Å². The Morgan fingerprint density at radius 2 is 1.86 bits per heavy atom. The third-order valence-corrected chi connectivity index (χ3v) is 4.51. The molecule has 0 unspecified atom stereocenters. The number of halogens is 4. The van der Waals surface area contributed by atoms with E-state index in [-0.39, 0.29) is 18.0 Å². The second kappa shape index (κ2) is 9.13. The molecule has 1 heterocycles. The van der Waals surface area contributed by atoms with E-state index in [1.54, 1.807) is 12.1 Å². The molecule has 3 rings (SSSR count). The minimum atomic E-state index is -4.52. The summed E-state index contributed by atoms with van der Waals surface area (Å²) < 4.78 is 57.8. The fourth-order valence-corrected chi connectivity index (χ4v) is 3.07. The van der Waals surface area contributed by atoms with Crippen molar-refractivity contribution < 1.29 is 27.1 Å². The summed E-state index contributed by atoms with van der Waals surface area (Å²) in [5.74, 6) is -0.369. The van der Waals surface area contributed by atoms with Gasteiger partial charge >= 0.3 is 12.2 Å². The zero-order valence-electron chi connectivity index (χ0n) is 15.6. The number of hydrogen-bond acceptors (Lipinski definition) is 3. The summed E-state index contributed by atoms with van der Waals surface area (Å²) in [5, 5.41) is 5.10. The molecule has 1 aliphatic heterocycles. The van der Waals surface area contributed by atoms with Crippen LogP contribution in [0.25, 0.3) is 0 Å². The number of anilines is 2. The summed E-state index contributed by atoms with van der Waals surface area (Å²) in [7, 11) is 0. The predicted octanol–water partition coefficient (Wildman–Crippen LogP) is 4.05. The highest BCUT2D eigenvalue weighted by Crippen LogP contribution is 2.35. The van der Waals surface area contributed by atoms with Gasteiger partial charge in [0, 0.05) is 19.6 Å². The zero-order chi connectivity index (χ0) is 20.9. The van der Waals surface area contributed by atoms with E-state index in [0.29, 0.717) is 44.0 Å². The van der Waals surface area contributed by atoms with Gasteiger partial charge in [-0.2, -0.15) is 13.2 Å². The molecule has 29 heavy (non-hydrogen) atoms. The van der Waals surface area contributed by atoms with Gasteiger partial charge in [0.05, 0.1) is 30.2 Å². The smallest absolute Gasteiger partial charge is 0.378 e. The summed E-state index contributed by atoms with van der Waals surface area (Å²) in [6.45, 7) is 2.16. The Balaban J connectivity index is 1.68. The van der Waals surface area contributed by atoms with Gasteiger partial charge in [-0.3, -0.25) is 0 Å². The Bertz CT molecular complexity index is 852. The number of carbonyl (C=O) groups is 1. The lowest BCUT2D eigenvalue weighted by Gasteiger charge is -2.31. The summed E-state index contributed by atoms with van der Waals surface area (Å²) >= 11 is 0. The third kappa shape index (κ3) is 5.83. The highest BCUT2D eigenvalue weighted by atomic mass is 19.4. The Morgan fingerprint density at radius 3 is 2.55 bits per heavy atom. The molecule has 156 valence electrons. The molecule has 5 nitrogen and oxygen atoms in total. The molecule has 2 amide bonds. The number of ether oxygens (including phenoxy) is 1. The first-order chi connectivity index (χ1) is 13.8. The van der Waals surface area contributed by atoms with E-state index >= 15 is 0 Å². The molecule has 0 aromatic heterocycles. The number of morpholine rings is 1. The van der Waals surface area contributed by atoms with Crippen LogP contribution in [0.4, 0.5) is 33.7 Å². The first kappa shape index (κ1) is 20.9. The number of rotatable bonds is 5. The molecule has 0 saturated carbocycles.